The van der Waals surface area contributed by atoms with Crippen LogP contribution < -0.4 is 10.0 Å². The van der Waals surface area contributed by atoms with Crippen molar-refractivity contribution in [1.82, 2.24) is 14.6 Å². The normalized spacial score (nSPS) is 15.6. The van der Waals surface area contributed by atoms with Gasteiger partial charge in [-0.15, -0.1) is 11.3 Å². The SMILES string of the molecule is CCNS(=O)(=O)c1ccc(C(=O)Nc2nc(CN3CCOCC3)cs2)cc1. The molecule has 0 atom stereocenters. The van der Waals surface area contributed by atoms with Crippen molar-refractivity contribution in [3.05, 3.63) is 40.9 Å². The molecule has 0 aliphatic carbocycles. The molecule has 1 amide bonds. The van der Waals surface area contributed by atoms with E-state index in [0.29, 0.717) is 17.2 Å². The zero-order valence-electron chi connectivity index (χ0n) is 15.0. The number of nitrogens with zero attached hydrogens (tertiary/aromatic N) is 2. The quantitative estimate of drug-likeness (QED) is 0.718. The molecule has 1 aromatic heterocycles. The average Bonchev–Trinajstić information content (AvgIpc) is 3.09. The van der Waals surface area contributed by atoms with Gasteiger partial charge in [0.25, 0.3) is 5.91 Å². The summed E-state index contributed by atoms with van der Waals surface area (Å²) in [5.74, 6) is -0.324. The van der Waals surface area contributed by atoms with E-state index in [9.17, 15) is 13.2 Å². The number of morpholine rings is 1. The molecule has 0 radical (unpaired) electrons. The molecule has 2 aromatic rings. The van der Waals surface area contributed by atoms with Gasteiger partial charge in [0.05, 0.1) is 23.8 Å². The Hall–Kier alpha value is -1.85. The number of hydrogen-bond donors (Lipinski definition) is 2. The third-order valence-corrected chi connectivity index (χ3v) is 6.39. The van der Waals surface area contributed by atoms with Crippen LogP contribution in [0.1, 0.15) is 23.0 Å². The fraction of sp³-hybridized carbons (Fsp3) is 0.412. The van der Waals surface area contributed by atoms with Crippen LogP contribution in [0.15, 0.2) is 34.5 Å². The Morgan fingerprint density at radius 2 is 1.96 bits per heavy atom. The number of benzene rings is 1. The molecule has 8 nitrogen and oxygen atoms in total. The smallest absolute Gasteiger partial charge is 0.257 e. The standard InChI is InChI=1S/C17H22N4O4S2/c1-2-18-27(23,24)15-5-3-13(4-6-15)16(22)20-17-19-14(12-26-17)11-21-7-9-25-10-8-21/h3-6,12,18H,2,7-11H2,1H3,(H,19,20,22). The fourth-order valence-electron chi connectivity index (χ4n) is 2.65. The molecule has 1 aliphatic heterocycles. The Labute approximate surface area is 162 Å². The van der Waals surface area contributed by atoms with Crippen molar-refractivity contribution in [1.29, 1.82) is 0 Å². The van der Waals surface area contributed by atoms with E-state index < -0.39 is 10.0 Å². The topological polar surface area (TPSA) is 101 Å². The Morgan fingerprint density at radius 1 is 1.26 bits per heavy atom. The summed E-state index contributed by atoms with van der Waals surface area (Å²) in [6.07, 6.45) is 0. The number of aromatic nitrogens is 1. The third-order valence-electron chi connectivity index (χ3n) is 4.02. The summed E-state index contributed by atoms with van der Waals surface area (Å²) in [5, 5.41) is 5.21. The van der Waals surface area contributed by atoms with E-state index in [4.69, 9.17) is 4.74 Å². The van der Waals surface area contributed by atoms with Gasteiger partial charge in [-0.1, -0.05) is 6.92 Å². The lowest BCUT2D eigenvalue weighted by Crippen LogP contribution is -2.35. The lowest BCUT2D eigenvalue weighted by molar-refractivity contribution is 0.0337. The second kappa shape index (κ2) is 8.89. The number of nitrogens with one attached hydrogen (secondary N) is 2. The molecule has 1 aromatic carbocycles. The summed E-state index contributed by atoms with van der Waals surface area (Å²) in [6, 6.07) is 5.81. The van der Waals surface area contributed by atoms with E-state index in [2.05, 4.69) is 19.9 Å². The Balaban J connectivity index is 1.60. The predicted octanol–water partition coefficient (Wildman–Crippen LogP) is 1.53. The van der Waals surface area contributed by atoms with Crippen molar-refractivity contribution in [3.63, 3.8) is 0 Å². The molecule has 1 fully saturated rings. The summed E-state index contributed by atoms with van der Waals surface area (Å²) >= 11 is 1.37. The first-order chi connectivity index (χ1) is 13.0. The lowest BCUT2D eigenvalue weighted by Gasteiger charge is -2.25. The summed E-state index contributed by atoms with van der Waals surface area (Å²) in [4.78, 5) is 19.2. The van der Waals surface area contributed by atoms with Crippen molar-refractivity contribution in [3.8, 4) is 0 Å². The third kappa shape index (κ3) is 5.33. The van der Waals surface area contributed by atoms with Gasteiger partial charge in [-0.25, -0.2) is 18.1 Å². The van der Waals surface area contributed by atoms with E-state index in [1.807, 2.05) is 5.38 Å². The van der Waals surface area contributed by atoms with Crippen molar-refractivity contribution in [2.45, 2.75) is 18.4 Å². The minimum absolute atomic E-state index is 0.128. The molecule has 2 N–H and O–H groups in total. The number of ether oxygens (including phenoxy) is 1. The van der Waals surface area contributed by atoms with E-state index >= 15 is 0 Å². The number of carbonyl (C=O) groups excluding carboxylic acids is 1. The first-order valence-electron chi connectivity index (χ1n) is 8.63. The summed E-state index contributed by atoms with van der Waals surface area (Å²) in [5.41, 5.74) is 1.28. The van der Waals surface area contributed by atoms with Gasteiger partial charge < -0.3 is 4.74 Å². The highest BCUT2D eigenvalue weighted by atomic mass is 32.2. The van der Waals surface area contributed by atoms with Crippen LogP contribution in [0.3, 0.4) is 0 Å². The molecule has 2 heterocycles. The van der Waals surface area contributed by atoms with Gasteiger partial charge in [0.2, 0.25) is 10.0 Å². The largest absolute Gasteiger partial charge is 0.379 e. The highest BCUT2D eigenvalue weighted by molar-refractivity contribution is 7.89. The predicted molar refractivity (Wildman–Crippen MR) is 103 cm³/mol. The number of amides is 1. The van der Waals surface area contributed by atoms with Crippen LogP contribution in [0.2, 0.25) is 0 Å². The molecule has 27 heavy (non-hydrogen) atoms. The van der Waals surface area contributed by atoms with Gasteiger partial charge in [0, 0.05) is 37.1 Å². The average molecular weight is 411 g/mol. The molecular formula is C17H22N4O4S2. The number of anilines is 1. The zero-order valence-corrected chi connectivity index (χ0v) is 16.6. The first-order valence-corrected chi connectivity index (χ1v) is 11.0. The monoisotopic (exact) mass is 410 g/mol. The number of carbonyl (C=O) groups is 1. The minimum atomic E-state index is -3.53. The van der Waals surface area contributed by atoms with Gasteiger partial charge in [-0.2, -0.15) is 0 Å². The summed E-state index contributed by atoms with van der Waals surface area (Å²) in [6.45, 7) is 5.96. The van der Waals surface area contributed by atoms with Crippen LogP contribution >= 0.6 is 11.3 Å². The Bertz CT molecular complexity index is 875. The van der Waals surface area contributed by atoms with Crippen molar-refractivity contribution >= 4 is 32.4 Å². The van der Waals surface area contributed by atoms with Crippen LogP contribution in [0.5, 0.6) is 0 Å². The number of thiazole rings is 1. The van der Waals surface area contributed by atoms with Gasteiger partial charge in [0.15, 0.2) is 5.13 Å². The molecule has 1 saturated heterocycles. The number of rotatable bonds is 7. The second-order valence-electron chi connectivity index (χ2n) is 6.01. The van der Waals surface area contributed by atoms with Crippen LogP contribution in [0, 0.1) is 0 Å². The van der Waals surface area contributed by atoms with Crippen LogP contribution in [-0.2, 0) is 21.3 Å². The van der Waals surface area contributed by atoms with Crippen LogP contribution in [0.4, 0.5) is 5.13 Å². The van der Waals surface area contributed by atoms with Crippen molar-refractivity contribution in [2.75, 3.05) is 38.2 Å². The van der Waals surface area contributed by atoms with Gasteiger partial charge in [0.1, 0.15) is 0 Å². The first kappa shape index (κ1) is 19.9. The van der Waals surface area contributed by atoms with E-state index in [1.54, 1.807) is 6.92 Å². The highest BCUT2D eigenvalue weighted by Gasteiger charge is 2.16. The Kier molecular flexibility index (Phi) is 6.55. The molecule has 1 aliphatic rings. The maximum absolute atomic E-state index is 12.4. The van der Waals surface area contributed by atoms with Crippen molar-refractivity contribution in [2.24, 2.45) is 0 Å². The van der Waals surface area contributed by atoms with Crippen LogP contribution in [-0.4, -0.2) is 57.1 Å². The molecule has 0 bridgehead atoms. The van der Waals surface area contributed by atoms with Gasteiger partial charge >= 0.3 is 0 Å². The maximum atomic E-state index is 12.4. The van der Waals surface area contributed by atoms with E-state index in [0.717, 1.165) is 38.5 Å². The summed E-state index contributed by atoms with van der Waals surface area (Å²) in [7, 11) is -3.53. The summed E-state index contributed by atoms with van der Waals surface area (Å²) < 4.78 is 31.6. The lowest BCUT2D eigenvalue weighted by atomic mass is 10.2. The van der Waals surface area contributed by atoms with E-state index in [1.165, 1.54) is 35.6 Å². The number of hydrogen-bond acceptors (Lipinski definition) is 7. The fourth-order valence-corrected chi connectivity index (χ4v) is 4.39. The Morgan fingerprint density at radius 3 is 2.63 bits per heavy atom. The zero-order chi connectivity index (χ0) is 19.3. The molecule has 0 unspecified atom stereocenters. The second-order valence-corrected chi connectivity index (χ2v) is 8.64. The highest BCUT2D eigenvalue weighted by Crippen LogP contribution is 2.19. The van der Waals surface area contributed by atoms with E-state index in [-0.39, 0.29) is 10.8 Å². The van der Waals surface area contributed by atoms with Crippen LogP contribution in [0.25, 0.3) is 0 Å². The maximum Gasteiger partial charge on any atom is 0.257 e. The molecule has 0 spiro atoms. The molecule has 0 saturated carbocycles. The number of sulfonamides is 1. The molecule has 10 heteroatoms. The molecule has 146 valence electrons. The van der Waals surface area contributed by atoms with Gasteiger partial charge in [-0.05, 0) is 24.3 Å². The van der Waals surface area contributed by atoms with Crippen molar-refractivity contribution < 1.29 is 17.9 Å². The minimum Gasteiger partial charge on any atom is -0.379 e. The molecular weight excluding hydrogens is 388 g/mol. The van der Waals surface area contributed by atoms with Gasteiger partial charge in [-0.3, -0.25) is 15.0 Å². The molecule has 3 rings (SSSR count).